The lowest BCUT2D eigenvalue weighted by Gasteiger charge is -2.28. The van der Waals surface area contributed by atoms with Gasteiger partial charge in [-0.1, -0.05) is 24.3 Å². The number of carbonyl (C=O) groups excluding carboxylic acids is 1. The van der Waals surface area contributed by atoms with Crippen molar-refractivity contribution in [3.8, 4) is 0 Å². The Morgan fingerprint density at radius 1 is 1.10 bits per heavy atom. The second kappa shape index (κ2) is 10.1. The van der Waals surface area contributed by atoms with E-state index in [4.69, 9.17) is 0 Å². The van der Waals surface area contributed by atoms with E-state index in [1.54, 1.807) is 19.0 Å². The summed E-state index contributed by atoms with van der Waals surface area (Å²) >= 11 is 0. The molecule has 1 aromatic carbocycles. The van der Waals surface area contributed by atoms with Crippen LogP contribution in [-0.4, -0.2) is 73.5 Å². The highest BCUT2D eigenvalue weighted by molar-refractivity contribution is 14.0. The molecule has 4 rings (SSSR count). The van der Waals surface area contributed by atoms with Gasteiger partial charge in [-0.3, -0.25) is 9.69 Å². The van der Waals surface area contributed by atoms with Crippen LogP contribution >= 0.6 is 24.0 Å². The lowest BCUT2D eigenvalue weighted by Crippen LogP contribution is -2.50. The molecule has 7 heteroatoms. The van der Waals surface area contributed by atoms with Crippen molar-refractivity contribution in [3.63, 3.8) is 0 Å². The van der Waals surface area contributed by atoms with Crippen molar-refractivity contribution in [2.24, 2.45) is 4.99 Å². The number of likely N-dealkylation sites (tertiary alicyclic amines) is 1. The van der Waals surface area contributed by atoms with Crippen molar-refractivity contribution in [3.05, 3.63) is 35.4 Å². The molecule has 1 amide bonds. The summed E-state index contributed by atoms with van der Waals surface area (Å²) in [5.41, 5.74) is 2.89. The molecule has 1 heterocycles. The van der Waals surface area contributed by atoms with Crippen LogP contribution in [0.25, 0.3) is 0 Å². The molecule has 1 aliphatic heterocycles. The second-order valence-electron chi connectivity index (χ2n) is 8.66. The number of aryl methyl sites for hydroxylation is 1. The van der Waals surface area contributed by atoms with Gasteiger partial charge in [0, 0.05) is 45.3 Å². The van der Waals surface area contributed by atoms with Crippen LogP contribution in [0.3, 0.4) is 0 Å². The average Bonchev–Trinajstić information content (AvgIpc) is 3.45. The Morgan fingerprint density at radius 2 is 1.83 bits per heavy atom. The molecule has 3 aliphatic rings. The highest BCUT2D eigenvalue weighted by Gasteiger charge is 2.34. The third-order valence-corrected chi connectivity index (χ3v) is 6.18. The van der Waals surface area contributed by atoms with E-state index in [-0.39, 0.29) is 36.4 Å². The normalized spacial score (nSPS) is 24.4. The molecule has 1 saturated heterocycles. The first-order valence-corrected chi connectivity index (χ1v) is 10.7. The Morgan fingerprint density at radius 3 is 2.55 bits per heavy atom. The highest BCUT2D eigenvalue weighted by Crippen LogP contribution is 2.29. The van der Waals surface area contributed by atoms with Crippen molar-refractivity contribution >= 4 is 35.8 Å². The molecule has 2 N–H and O–H groups in total. The van der Waals surface area contributed by atoms with E-state index < -0.39 is 0 Å². The minimum absolute atomic E-state index is 0. The zero-order chi connectivity index (χ0) is 19.5. The molecule has 0 aromatic heterocycles. The summed E-state index contributed by atoms with van der Waals surface area (Å²) in [5.74, 6) is 0.823. The maximum atomic E-state index is 12.0. The van der Waals surface area contributed by atoms with Gasteiger partial charge in [0.05, 0.1) is 0 Å². The monoisotopic (exact) mass is 511 g/mol. The molecule has 29 heavy (non-hydrogen) atoms. The Kier molecular flexibility index (Phi) is 7.79. The molecule has 2 fully saturated rings. The van der Waals surface area contributed by atoms with E-state index in [1.165, 1.54) is 30.5 Å². The Bertz CT molecular complexity index is 734. The number of carbonyl (C=O) groups is 1. The smallest absolute Gasteiger partial charge is 0.243 e. The van der Waals surface area contributed by atoms with Gasteiger partial charge in [0.25, 0.3) is 0 Å². The van der Waals surface area contributed by atoms with Crippen molar-refractivity contribution in [1.82, 2.24) is 20.4 Å². The summed E-state index contributed by atoms with van der Waals surface area (Å²) in [6, 6.07) is 10.3. The minimum atomic E-state index is 0. The van der Waals surface area contributed by atoms with Crippen molar-refractivity contribution in [2.45, 2.75) is 56.7 Å². The third-order valence-electron chi connectivity index (χ3n) is 6.18. The molecular weight excluding hydrogens is 477 g/mol. The Labute approximate surface area is 191 Å². The SMILES string of the molecule is CN(C)C(=O)CN=C(NC1CCc2ccccc2C1)NC1CCN(C2CC2)C1.I. The first kappa shape index (κ1) is 22.3. The molecule has 2 atom stereocenters. The molecular formula is C22H34IN5O. The van der Waals surface area contributed by atoms with Gasteiger partial charge in [-0.05, 0) is 49.7 Å². The second-order valence-corrected chi connectivity index (χ2v) is 8.66. The van der Waals surface area contributed by atoms with Crippen molar-refractivity contribution in [1.29, 1.82) is 0 Å². The number of fused-ring (bicyclic) bond motifs is 1. The number of rotatable bonds is 5. The molecule has 6 nitrogen and oxygen atoms in total. The predicted octanol–water partition coefficient (Wildman–Crippen LogP) is 2.02. The molecule has 0 spiro atoms. The molecule has 160 valence electrons. The van der Waals surface area contributed by atoms with Crippen molar-refractivity contribution < 1.29 is 4.79 Å². The fourth-order valence-corrected chi connectivity index (χ4v) is 4.31. The van der Waals surface area contributed by atoms with Crippen LogP contribution in [0.4, 0.5) is 0 Å². The number of hydrogen-bond donors (Lipinski definition) is 2. The van der Waals surface area contributed by atoms with E-state index in [1.807, 2.05) is 0 Å². The quantitative estimate of drug-likeness (QED) is 0.361. The number of halogens is 1. The highest BCUT2D eigenvalue weighted by atomic mass is 127. The van der Waals surface area contributed by atoms with Gasteiger partial charge in [-0.2, -0.15) is 0 Å². The number of amides is 1. The van der Waals surface area contributed by atoms with E-state index in [0.29, 0.717) is 12.1 Å². The minimum Gasteiger partial charge on any atom is -0.353 e. The Hall–Kier alpha value is -1.35. The molecule has 0 bridgehead atoms. The summed E-state index contributed by atoms with van der Waals surface area (Å²) in [5, 5.41) is 7.25. The van der Waals surface area contributed by atoms with E-state index in [9.17, 15) is 4.79 Å². The van der Waals surface area contributed by atoms with E-state index >= 15 is 0 Å². The molecule has 2 unspecified atom stereocenters. The lowest BCUT2D eigenvalue weighted by atomic mass is 9.88. The van der Waals surface area contributed by atoms with E-state index in [2.05, 4.69) is 44.8 Å². The summed E-state index contributed by atoms with van der Waals surface area (Å²) in [4.78, 5) is 20.9. The Balaban J connectivity index is 0.00000240. The lowest BCUT2D eigenvalue weighted by molar-refractivity contribution is -0.127. The number of hydrogen-bond acceptors (Lipinski definition) is 3. The molecule has 1 aromatic rings. The number of benzene rings is 1. The van der Waals surface area contributed by atoms with Crippen LogP contribution in [-0.2, 0) is 17.6 Å². The van der Waals surface area contributed by atoms with Crippen LogP contribution in [0.1, 0.15) is 36.8 Å². The molecule has 2 aliphatic carbocycles. The standard InChI is InChI=1S/C22H33N5O.HI/c1-26(2)21(28)14-23-22(25-19-11-12-27(15-19)20-9-10-20)24-18-8-7-16-5-3-4-6-17(16)13-18;/h3-6,18-20H,7-15H2,1-2H3,(H2,23,24,25);1H. The number of likely N-dealkylation sites (N-methyl/N-ethyl adjacent to an activating group) is 1. The van der Waals surface area contributed by atoms with Gasteiger partial charge < -0.3 is 15.5 Å². The topological polar surface area (TPSA) is 60.0 Å². The maximum Gasteiger partial charge on any atom is 0.243 e. The van der Waals surface area contributed by atoms with Gasteiger partial charge in [-0.15, -0.1) is 24.0 Å². The van der Waals surface area contributed by atoms with Gasteiger partial charge >= 0.3 is 0 Å². The summed E-state index contributed by atoms with van der Waals surface area (Å²) < 4.78 is 0. The van der Waals surface area contributed by atoms with Gasteiger partial charge in [0.1, 0.15) is 6.54 Å². The van der Waals surface area contributed by atoms with Gasteiger partial charge in [-0.25, -0.2) is 4.99 Å². The van der Waals surface area contributed by atoms with Crippen LogP contribution < -0.4 is 10.6 Å². The van der Waals surface area contributed by atoms with Gasteiger partial charge in [0.2, 0.25) is 5.91 Å². The summed E-state index contributed by atoms with van der Waals surface area (Å²) in [6.07, 6.45) is 7.05. The van der Waals surface area contributed by atoms with Crippen molar-refractivity contribution in [2.75, 3.05) is 33.7 Å². The number of aliphatic imine (C=N–C) groups is 1. The maximum absolute atomic E-state index is 12.0. The summed E-state index contributed by atoms with van der Waals surface area (Å²) in [7, 11) is 3.56. The zero-order valence-electron chi connectivity index (χ0n) is 17.6. The predicted molar refractivity (Wildman–Crippen MR) is 128 cm³/mol. The fourth-order valence-electron chi connectivity index (χ4n) is 4.31. The van der Waals surface area contributed by atoms with Crippen LogP contribution in [0.15, 0.2) is 29.3 Å². The third kappa shape index (κ3) is 6.07. The van der Waals surface area contributed by atoms with Crippen LogP contribution in [0.2, 0.25) is 0 Å². The number of nitrogens with one attached hydrogen (secondary N) is 2. The molecule has 1 saturated carbocycles. The zero-order valence-corrected chi connectivity index (χ0v) is 19.9. The average molecular weight is 511 g/mol. The fraction of sp³-hybridized carbons (Fsp3) is 0.636. The number of nitrogens with zero attached hydrogens (tertiary/aromatic N) is 3. The van der Waals surface area contributed by atoms with Crippen LogP contribution in [0, 0.1) is 0 Å². The largest absolute Gasteiger partial charge is 0.353 e. The van der Waals surface area contributed by atoms with Gasteiger partial charge in [0.15, 0.2) is 5.96 Å². The first-order valence-electron chi connectivity index (χ1n) is 10.7. The number of guanidine groups is 1. The molecule has 0 radical (unpaired) electrons. The van der Waals surface area contributed by atoms with E-state index in [0.717, 1.165) is 44.2 Å². The first-order chi connectivity index (χ1) is 13.6. The van der Waals surface area contributed by atoms with Crippen LogP contribution in [0.5, 0.6) is 0 Å². The summed E-state index contributed by atoms with van der Waals surface area (Å²) in [6.45, 7) is 2.44.